The number of aryl methyl sites for hydroxylation is 1. The van der Waals surface area contributed by atoms with Crippen LogP contribution in [0.2, 0.25) is 0 Å². The van der Waals surface area contributed by atoms with E-state index in [1.54, 1.807) is 6.20 Å². The second-order valence-corrected chi connectivity index (χ2v) is 4.13. The van der Waals surface area contributed by atoms with Crippen LogP contribution in [0.25, 0.3) is 10.9 Å². The Hall–Kier alpha value is -1.61. The van der Waals surface area contributed by atoms with E-state index >= 15 is 0 Å². The van der Waals surface area contributed by atoms with Gasteiger partial charge < -0.3 is 10.7 Å². The van der Waals surface area contributed by atoms with Crippen LogP contribution in [-0.4, -0.2) is 16.8 Å². The number of nitrogens with two attached hydrogens (primary N) is 1. The molecule has 1 heterocycles. The van der Waals surface area contributed by atoms with Crippen molar-refractivity contribution in [1.82, 2.24) is 4.98 Å². The molecule has 3 nitrogen and oxygen atoms in total. The van der Waals surface area contributed by atoms with E-state index in [4.69, 9.17) is 5.73 Å². The molecule has 0 spiro atoms. The smallest absolute Gasteiger partial charge is 0.181 e. The number of nitrogens with one attached hydrogen (secondary N) is 1. The number of hydrogen-bond donors (Lipinski definition) is 2. The molecule has 0 aliphatic heterocycles. The van der Waals surface area contributed by atoms with Crippen molar-refractivity contribution in [3.05, 3.63) is 35.5 Å². The van der Waals surface area contributed by atoms with Crippen molar-refractivity contribution in [1.29, 1.82) is 0 Å². The van der Waals surface area contributed by atoms with Gasteiger partial charge in [-0.2, -0.15) is 0 Å². The third kappa shape index (κ3) is 1.74. The van der Waals surface area contributed by atoms with Crippen molar-refractivity contribution in [2.45, 2.75) is 26.3 Å². The van der Waals surface area contributed by atoms with Crippen molar-refractivity contribution in [3.63, 3.8) is 0 Å². The summed E-state index contributed by atoms with van der Waals surface area (Å²) in [5.74, 6) is 0.0133. The zero-order valence-corrected chi connectivity index (χ0v) is 9.58. The fraction of sp³-hybridized carbons (Fsp3) is 0.308. The minimum Gasteiger partial charge on any atom is -0.360 e. The predicted octanol–water partition coefficient (Wildman–Crippen LogP) is 2.40. The molecule has 84 valence electrons. The predicted molar refractivity (Wildman–Crippen MR) is 65.6 cm³/mol. The van der Waals surface area contributed by atoms with Gasteiger partial charge in [-0.3, -0.25) is 4.79 Å². The monoisotopic (exact) mass is 216 g/mol. The molecule has 0 fully saturated rings. The molecule has 0 saturated carbocycles. The number of hydrogen-bond acceptors (Lipinski definition) is 2. The van der Waals surface area contributed by atoms with Gasteiger partial charge in [0.2, 0.25) is 0 Å². The maximum absolute atomic E-state index is 12.0. The number of fused-ring (bicyclic) bond motifs is 1. The molecule has 1 aromatic carbocycles. The van der Waals surface area contributed by atoms with Crippen molar-refractivity contribution >= 4 is 16.7 Å². The van der Waals surface area contributed by atoms with Crippen LogP contribution in [0.1, 0.15) is 29.3 Å². The molecule has 2 rings (SSSR count). The maximum atomic E-state index is 12.0. The molecular formula is C13H16N2O. The molecule has 1 atom stereocenters. The quantitative estimate of drug-likeness (QED) is 0.774. The first-order chi connectivity index (χ1) is 7.63. The van der Waals surface area contributed by atoms with Crippen molar-refractivity contribution < 1.29 is 4.79 Å². The number of Topliss-reactive ketones (excluding diaryl/α,β-unsaturated/α-hetero) is 1. The third-order valence-electron chi connectivity index (χ3n) is 2.88. The lowest BCUT2D eigenvalue weighted by atomic mass is 10.0. The van der Waals surface area contributed by atoms with Gasteiger partial charge in [-0.1, -0.05) is 18.6 Å². The van der Waals surface area contributed by atoms with Gasteiger partial charge in [0, 0.05) is 22.7 Å². The molecule has 0 aliphatic carbocycles. The average molecular weight is 216 g/mol. The van der Waals surface area contributed by atoms with Crippen LogP contribution in [-0.2, 0) is 0 Å². The van der Waals surface area contributed by atoms with Gasteiger partial charge in [0.1, 0.15) is 0 Å². The molecule has 0 saturated heterocycles. The van der Waals surface area contributed by atoms with E-state index in [9.17, 15) is 4.79 Å². The van der Waals surface area contributed by atoms with Crippen molar-refractivity contribution in [2.75, 3.05) is 0 Å². The topological polar surface area (TPSA) is 58.9 Å². The highest BCUT2D eigenvalue weighted by Crippen LogP contribution is 2.21. The van der Waals surface area contributed by atoms with Crippen LogP contribution in [0, 0.1) is 6.92 Å². The molecule has 16 heavy (non-hydrogen) atoms. The van der Waals surface area contributed by atoms with Crippen molar-refractivity contribution in [3.8, 4) is 0 Å². The first-order valence-corrected chi connectivity index (χ1v) is 5.51. The van der Waals surface area contributed by atoms with E-state index in [1.807, 2.05) is 32.0 Å². The first kappa shape index (κ1) is 10.9. The van der Waals surface area contributed by atoms with E-state index in [-0.39, 0.29) is 5.78 Å². The standard InChI is InChI=1S/C13H16N2O/c1-3-11(14)13(16)10-7-15-12-5-4-8(2)6-9(10)12/h4-7,11,15H,3,14H2,1-2H3. The van der Waals surface area contributed by atoms with Gasteiger partial charge >= 0.3 is 0 Å². The Kier molecular flexibility index (Phi) is 2.79. The molecule has 2 aromatic rings. The van der Waals surface area contributed by atoms with Crippen LogP contribution < -0.4 is 5.73 Å². The molecule has 0 radical (unpaired) electrons. The summed E-state index contributed by atoms with van der Waals surface area (Å²) in [6, 6.07) is 5.62. The molecular weight excluding hydrogens is 200 g/mol. The van der Waals surface area contributed by atoms with Gasteiger partial charge in [-0.25, -0.2) is 0 Å². The Labute approximate surface area is 94.6 Å². The van der Waals surface area contributed by atoms with Crippen LogP contribution in [0.15, 0.2) is 24.4 Å². The van der Waals surface area contributed by atoms with Gasteiger partial charge in [-0.15, -0.1) is 0 Å². The second-order valence-electron chi connectivity index (χ2n) is 4.13. The van der Waals surface area contributed by atoms with Gasteiger partial charge in [0.05, 0.1) is 6.04 Å². The summed E-state index contributed by atoms with van der Waals surface area (Å²) < 4.78 is 0. The van der Waals surface area contributed by atoms with Gasteiger partial charge in [-0.05, 0) is 25.5 Å². The summed E-state index contributed by atoms with van der Waals surface area (Å²) in [7, 11) is 0. The highest BCUT2D eigenvalue weighted by atomic mass is 16.1. The molecule has 3 N–H and O–H groups in total. The SMILES string of the molecule is CCC(N)C(=O)c1c[nH]c2ccc(C)cc12. The van der Waals surface area contributed by atoms with E-state index in [1.165, 1.54) is 0 Å². The van der Waals surface area contributed by atoms with Crippen LogP contribution >= 0.6 is 0 Å². The highest BCUT2D eigenvalue weighted by Gasteiger charge is 2.17. The fourth-order valence-corrected chi connectivity index (χ4v) is 1.82. The molecule has 3 heteroatoms. The van der Waals surface area contributed by atoms with Gasteiger partial charge in [0.25, 0.3) is 0 Å². The van der Waals surface area contributed by atoms with E-state index in [0.29, 0.717) is 12.0 Å². The largest absolute Gasteiger partial charge is 0.360 e. The summed E-state index contributed by atoms with van der Waals surface area (Å²) in [6.45, 7) is 3.93. The zero-order chi connectivity index (χ0) is 11.7. The van der Waals surface area contributed by atoms with Crippen LogP contribution in [0.5, 0.6) is 0 Å². The van der Waals surface area contributed by atoms with Crippen LogP contribution in [0.4, 0.5) is 0 Å². The average Bonchev–Trinajstić information content (AvgIpc) is 2.69. The minimum absolute atomic E-state index is 0.0133. The lowest BCUT2D eigenvalue weighted by Gasteiger charge is -2.06. The summed E-state index contributed by atoms with van der Waals surface area (Å²) in [6.07, 6.45) is 2.42. The zero-order valence-electron chi connectivity index (χ0n) is 9.58. The Morgan fingerprint density at radius 3 is 2.94 bits per heavy atom. The summed E-state index contributed by atoms with van der Waals surface area (Å²) in [5, 5.41) is 0.967. The Morgan fingerprint density at radius 1 is 1.50 bits per heavy atom. The Morgan fingerprint density at radius 2 is 2.25 bits per heavy atom. The highest BCUT2D eigenvalue weighted by molar-refractivity contribution is 6.10. The molecule has 1 aromatic heterocycles. The number of carbonyl (C=O) groups excluding carboxylic acids is 1. The fourth-order valence-electron chi connectivity index (χ4n) is 1.82. The summed E-state index contributed by atoms with van der Waals surface area (Å²) >= 11 is 0. The second kappa shape index (κ2) is 4.10. The number of ketones is 1. The number of aromatic nitrogens is 1. The van der Waals surface area contributed by atoms with E-state index in [0.717, 1.165) is 16.5 Å². The number of carbonyl (C=O) groups is 1. The van der Waals surface area contributed by atoms with Crippen LogP contribution in [0.3, 0.4) is 0 Å². The summed E-state index contributed by atoms with van der Waals surface area (Å²) in [5.41, 5.74) is 8.60. The maximum Gasteiger partial charge on any atom is 0.181 e. The van der Waals surface area contributed by atoms with Gasteiger partial charge in [0.15, 0.2) is 5.78 Å². The minimum atomic E-state index is -0.403. The normalized spacial score (nSPS) is 12.9. The van der Waals surface area contributed by atoms with Crippen molar-refractivity contribution in [2.24, 2.45) is 5.73 Å². The number of benzene rings is 1. The Balaban J connectivity index is 2.53. The third-order valence-corrected chi connectivity index (χ3v) is 2.88. The molecule has 0 aliphatic rings. The molecule has 0 bridgehead atoms. The first-order valence-electron chi connectivity index (χ1n) is 5.51. The summed E-state index contributed by atoms with van der Waals surface area (Å²) in [4.78, 5) is 15.1. The van der Waals surface area contributed by atoms with E-state index < -0.39 is 6.04 Å². The molecule has 0 amide bonds. The number of rotatable bonds is 3. The number of H-pyrrole nitrogens is 1. The lowest BCUT2D eigenvalue weighted by molar-refractivity contribution is 0.0961. The van der Waals surface area contributed by atoms with E-state index in [2.05, 4.69) is 4.98 Å². The lowest BCUT2D eigenvalue weighted by Crippen LogP contribution is -2.29. The Bertz CT molecular complexity index is 528. The molecule has 1 unspecified atom stereocenters. The number of aromatic amines is 1.